The van der Waals surface area contributed by atoms with Crippen LogP contribution in [0.15, 0.2) is 0 Å². The van der Waals surface area contributed by atoms with Crippen molar-refractivity contribution >= 4 is 17.9 Å². The zero-order valence-corrected chi connectivity index (χ0v) is 39.5. The summed E-state index contributed by atoms with van der Waals surface area (Å²) in [7, 11) is 0. The lowest BCUT2D eigenvalue weighted by Crippen LogP contribution is -2.30. The maximum atomic E-state index is 12.8. The Morgan fingerprint density at radius 3 is 0.845 bits per heavy atom. The first-order valence-corrected chi connectivity index (χ1v) is 25.9. The molecule has 6 heteroatoms. The van der Waals surface area contributed by atoms with Crippen molar-refractivity contribution in [3.63, 3.8) is 0 Å². The predicted molar refractivity (Wildman–Crippen MR) is 247 cm³/mol. The summed E-state index contributed by atoms with van der Waals surface area (Å²) in [5.74, 6) is -0.0260. The Morgan fingerprint density at radius 2 is 0.569 bits per heavy atom. The van der Waals surface area contributed by atoms with Gasteiger partial charge in [0.1, 0.15) is 13.2 Å². The molecule has 0 rings (SSSR count). The summed E-state index contributed by atoms with van der Waals surface area (Å²) in [6.45, 7) is 9.01. The lowest BCUT2D eigenvalue weighted by atomic mass is 10.0. The molecule has 0 unspecified atom stereocenters. The first-order chi connectivity index (χ1) is 28.4. The molecule has 0 saturated heterocycles. The van der Waals surface area contributed by atoms with Crippen molar-refractivity contribution in [2.45, 2.75) is 297 Å². The lowest BCUT2D eigenvalue weighted by Gasteiger charge is -2.18. The summed E-state index contributed by atoms with van der Waals surface area (Å²) in [6, 6.07) is 0. The molecule has 0 aliphatic rings. The van der Waals surface area contributed by atoms with Gasteiger partial charge in [-0.05, 0) is 25.2 Å². The van der Waals surface area contributed by atoms with E-state index in [1.165, 1.54) is 186 Å². The van der Waals surface area contributed by atoms with E-state index in [9.17, 15) is 14.4 Å². The third-order valence-electron chi connectivity index (χ3n) is 11.8. The number of esters is 3. The molecule has 0 aromatic carbocycles. The number of unbranched alkanes of at least 4 members (excludes halogenated alkanes) is 34. The summed E-state index contributed by atoms with van der Waals surface area (Å²) in [5, 5.41) is 0. The van der Waals surface area contributed by atoms with Crippen LogP contribution in [0.25, 0.3) is 0 Å². The standard InChI is InChI=1S/C52H100O6/c1-5-7-9-11-13-15-17-19-20-21-23-27-31-35-39-43-50(53)56-46-49(58-52(55)45-41-37-33-29-22-18-16-14-12-10-8-6-2)47-57-51(54)44-40-36-32-28-25-24-26-30-34-38-42-48(3)4/h48-49H,5-47H2,1-4H3/t49-/m1/s1. The number of carbonyl (C=O) groups is 3. The molecule has 0 aliphatic carbocycles. The van der Waals surface area contributed by atoms with Crippen molar-refractivity contribution < 1.29 is 28.6 Å². The van der Waals surface area contributed by atoms with Gasteiger partial charge in [0.2, 0.25) is 0 Å². The molecule has 344 valence electrons. The van der Waals surface area contributed by atoms with Crippen LogP contribution >= 0.6 is 0 Å². The number of hydrogen-bond acceptors (Lipinski definition) is 6. The van der Waals surface area contributed by atoms with Crippen LogP contribution in [0, 0.1) is 5.92 Å². The third kappa shape index (κ3) is 45.5. The molecule has 0 bridgehead atoms. The average molecular weight is 821 g/mol. The Balaban J connectivity index is 4.30. The molecule has 0 fully saturated rings. The zero-order chi connectivity index (χ0) is 42.4. The second kappa shape index (κ2) is 46.5. The van der Waals surface area contributed by atoms with Crippen molar-refractivity contribution in [1.29, 1.82) is 0 Å². The number of rotatable bonds is 47. The average Bonchev–Trinajstić information content (AvgIpc) is 3.21. The van der Waals surface area contributed by atoms with Gasteiger partial charge in [-0.1, -0.05) is 252 Å². The van der Waals surface area contributed by atoms with E-state index in [0.29, 0.717) is 19.3 Å². The summed E-state index contributed by atoms with van der Waals surface area (Å²) in [6.07, 6.45) is 48.0. The fraction of sp³-hybridized carbons (Fsp3) is 0.942. The van der Waals surface area contributed by atoms with E-state index in [2.05, 4.69) is 27.7 Å². The van der Waals surface area contributed by atoms with Crippen molar-refractivity contribution in [2.75, 3.05) is 13.2 Å². The summed E-state index contributed by atoms with van der Waals surface area (Å²) in [4.78, 5) is 37.9. The third-order valence-corrected chi connectivity index (χ3v) is 11.8. The summed E-state index contributed by atoms with van der Waals surface area (Å²) >= 11 is 0. The van der Waals surface area contributed by atoms with Gasteiger partial charge in [0.15, 0.2) is 6.10 Å². The van der Waals surface area contributed by atoms with Gasteiger partial charge in [-0.3, -0.25) is 14.4 Å². The maximum absolute atomic E-state index is 12.8. The molecule has 0 N–H and O–H groups in total. The minimum absolute atomic E-state index is 0.0627. The van der Waals surface area contributed by atoms with Crippen molar-refractivity contribution in [3.8, 4) is 0 Å². The maximum Gasteiger partial charge on any atom is 0.306 e. The Bertz CT molecular complexity index is 872. The lowest BCUT2D eigenvalue weighted by molar-refractivity contribution is -0.167. The zero-order valence-electron chi connectivity index (χ0n) is 39.5. The Morgan fingerprint density at radius 1 is 0.328 bits per heavy atom. The van der Waals surface area contributed by atoms with Gasteiger partial charge in [0, 0.05) is 19.3 Å². The van der Waals surface area contributed by atoms with Crippen LogP contribution in [0.3, 0.4) is 0 Å². The molecular formula is C52H100O6. The molecule has 6 nitrogen and oxygen atoms in total. The highest BCUT2D eigenvalue weighted by Crippen LogP contribution is 2.17. The molecule has 0 radical (unpaired) electrons. The molecule has 58 heavy (non-hydrogen) atoms. The highest BCUT2D eigenvalue weighted by atomic mass is 16.6. The Kier molecular flexibility index (Phi) is 45.2. The molecule has 0 heterocycles. The summed E-state index contributed by atoms with van der Waals surface area (Å²) < 4.78 is 16.8. The quantitative estimate of drug-likeness (QED) is 0.0346. The number of carbonyl (C=O) groups excluding carboxylic acids is 3. The molecular weight excluding hydrogens is 721 g/mol. The van der Waals surface area contributed by atoms with Gasteiger partial charge in [0.25, 0.3) is 0 Å². The van der Waals surface area contributed by atoms with E-state index in [1.54, 1.807) is 0 Å². The van der Waals surface area contributed by atoms with Gasteiger partial charge >= 0.3 is 17.9 Å². The second-order valence-electron chi connectivity index (χ2n) is 18.3. The van der Waals surface area contributed by atoms with E-state index in [4.69, 9.17) is 14.2 Å². The molecule has 0 amide bonds. The van der Waals surface area contributed by atoms with Crippen LogP contribution in [0.2, 0.25) is 0 Å². The van der Waals surface area contributed by atoms with Crippen LogP contribution < -0.4 is 0 Å². The Hall–Kier alpha value is -1.59. The van der Waals surface area contributed by atoms with Crippen molar-refractivity contribution in [3.05, 3.63) is 0 Å². The molecule has 0 aromatic heterocycles. The van der Waals surface area contributed by atoms with Crippen molar-refractivity contribution in [2.24, 2.45) is 5.92 Å². The van der Waals surface area contributed by atoms with E-state index in [-0.39, 0.29) is 31.1 Å². The normalized spacial score (nSPS) is 11.9. The van der Waals surface area contributed by atoms with Gasteiger partial charge in [0.05, 0.1) is 0 Å². The number of hydrogen-bond donors (Lipinski definition) is 0. The van der Waals surface area contributed by atoms with E-state index < -0.39 is 6.10 Å². The van der Waals surface area contributed by atoms with E-state index >= 15 is 0 Å². The topological polar surface area (TPSA) is 78.9 Å². The first kappa shape index (κ1) is 56.4. The molecule has 1 atom stereocenters. The second-order valence-corrected chi connectivity index (χ2v) is 18.3. The first-order valence-electron chi connectivity index (χ1n) is 25.9. The van der Waals surface area contributed by atoms with Crippen LogP contribution in [0.5, 0.6) is 0 Å². The minimum atomic E-state index is -0.760. The monoisotopic (exact) mass is 821 g/mol. The van der Waals surface area contributed by atoms with Gasteiger partial charge < -0.3 is 14.2 Å². The molecule has 0 saturated carbocycles. The van der Waals surface area contributed by atoms with Crippen LogP contribution in [-0.4, -0.2) is 37.2 Å². The minimum Gasteiger partial charge on any atom is -0.462 e. The number of ether oxygens (including phenoxy) is 3. The predicted octanol–water partition coefficient (Wildman–Crippen LogP) is 16.7. The smallest absolute Gasteiger partial charge is 0.306 e. The van der Waals surface area contributed by atoms with E-state index in [1.807, 2.05) is 0 Å². The van der Waals surface area contributed by atoms with Crippen molar-refractivity contribution in [1.82, 2.24) is 0 Å². The van der Waals surface area contributed by atoms with E-state index in [0.717, 1.165) is 63.7 Å². The molecule has 0 aromatic rings. The molecule has 0 spiro atoms. The van der Waals surface area contributed by atoms with Gasteiger partial charge in [-0.25, -0.2) is 0 Å². The molecule has 0 aliphatic heterocycles. The fourth-order valence-corrected chi connectivity index (χ4v) is 7.86. The largest absolute Gasteiger partial charge is 0.462 e. The highest BCUT2D eigenvalue weighted by Gasteiger charge is 2.19. The fourth-order valence-electron chi connectivity index (χ4n) is 7.86. The highest BCUT2D eigenvalue weighted by molar-refractivity contribution is 5.71. The van der Waals surface area contributed by atoms with Gasteiger partial charge in [-0.15, -0.1) is 0 Å². The van der Waals surface area contributed by atoms with Crippen LogP contribution in [-0.2, 0) is 28.6 Å². The van der Waals surface area contributed by atoms with Crippen LogP contribution in [0.1, 0.15) is 291 Å². The Labute approximate surface area is 361 Å². The van der Waals surface area contributed by atoms with Crippen LogP contribution in [0.4, 0.5) is 0 Å². The SMILES string of the molecule is CCCCCCCCCCCCCCCCCC(=O)OC[C@H](COC(=O)CCCCCCCCCCCCC(C)C)OC(=O)CCCCCCCCCCCCCC. The summed E-state index contributed by atoms with van der Waals surface area (Å²) in [5.41, 5.74) is 0. The van der Waals surface area contributed by atoms with Gasteiger partial charge in [-0.2, -0.15) is 0 Å².